The summed E-state index contributed by atoms with van der Waals surface area (Å²) >= 11 is 8.73. The van der Waals surface area contributed by atoms with Gasteiger partial charge in [-0.25, -0.2) is 4.39 Å². The molecule has 0 aliphatic carbocycles. The zero-order valence-electron chi connectivity index (χ0n) is 11.0. The summed E-state index contributed by atoms with van der Waals surface area (Å²) < 4.78 is 13.8. The lowest BCUT2D eigenvalue weighted by Gasteiger charge is -2.15. The number of thiophene rings is 1. The van der Waals surface area contributed by atoms with Gasteiger partial charge in [-0.3, -0.25) is 0 Å². The van der Waals surface area contributed by atoms with Crippen molar-refractivity contribution in [2.45, 2.75) is 31.0 Å². The molecule has 1 atom stereocenters. The van der Waals surface area contributed by atoms with Gasteiger partial charge >= 0.3 is 0 Å². The van der Waals surface area contributed by atoms with Gasteiger partial charge < -0.3 is 0 Å². The topological polar surface area (TPSA) is 0 Å². The van der Waals surface area contributed by atoms with Crippen LogP contribution >= 0.6 is 43.2 Å². The number of hydrogen-bond acceptors (Lipinski definition) is 1. The smallest absolute Gasteiger partial charge is 0.137 e. The second-order valence-electron chi connectivity index (χ2n) is 5.49. The number of rotatable bonds is 2. The molecule has 4 heteroatoms. The maximum atomic E-state index is 13.3. The lowest BCUT2D eigenvalue weighted by Crippen LogP contribution is -2.07. The Bertz CT molecular complexity index is 584. The summed E-state index contributed by atoms with van der Waals surface area (Å²) in [4.78, 5) is 2.70. The lowest BCUT2D eigenvalue weighted by molar-refractivity contribution is 0.604. The van der Waals surface area contributed by atoms with Crippen LogP contribution < -0.4 is 0 Å². The third kappa shape index (κ3) is 3.47. The normalized spacial score (nSPS) is 13.6. The van der Waals surface area contributed by atoms with Crippen molar-refractivity contribution in [2.24, 2.45) is 0 Å². The average molecular weight is 406 g/mol. The highest BCUT2D eigenvalue weighted by atomic mass is 79.9. The highest BCUT2D eigenvalue weighted by molar-refractivity contribution is 9.10. The van der Waals surface area contributed by atoms with Gasteiger partial charge in [0.25, 0.3) is 0 Å². The predicted octanol–water partition coefficient (Wildman–Crippen LogP) is 6.43. The molecule has 0 aliphatic rings. The van der Waals surface area contributed by atoms with Crippen molar-refractivity contribution >= 4 is 43.2 Å². The summed E-state index contributed by atoms with van der Waals surface area (Å²) in [6.07, 6.45) is 0. The average Bonchev–Trinajstić information content (AvgIpc) is 2.81. The second-order valence-corrected chi connectivity index (χ2v) is 8.37. The molecule has 0 saturated carbocycles. The number of hydrogen-bond donors (Lipinski definition) is 0. The largest absolute Gasteiger partial charge is 0.206 e. The highest BCUT2D eigenvalue weighted by Crippen LogP contribution is 2.39. The summed E-state index contributed by atoms with van der Waals surface area (Å²) in [5, 5.41) is 0. The molecule has 1 unspecified atom stereocenters. The van der Waals surface area contributed by atoms with E-state index < -0.39 is 0 Å². The zero-order valence-corrected chi connectivity index (χ0v) is 15.0. The van der Waals surface area contributed by atoms with Gasteiger partial charge in [0.05, 0.1) is 9.30 Å². The van der Waals surface area contributed by atoms with Gasteiger partial charge in [-0.05, 0) is 51.2 Å². The number of benzene rings is 1. The van der Waals surface area contributed by atoms with E-state index >= 15 is 0 Å². The van der Waals surface area contributed by atoms with Crippen molar-refractivity contribution in [3.63, 3.8) is 0 Å². The maximum absolute atomic E-state index is 13.3. The highest BCUT2D eigenvalue weighted by Gasteiger charge is 2.19. The van der Waals surface area contributed by atoms with Crippen molar-refractivity contribution in [2.75, 3.05) is 0 Å². The Hall–Kier alpha value is -0.190. The van der Waals surface area contributed by atoms with E-state index in [0.29, 0.717) is 4.47 Å². The summed E-state index contributed by atoms with van der Waals surface area (Å²) in [5.74, 6) is -0.231. The zero-order chi connectivity index (χ0) is 14.2. The first-order valence-electron chi connectivity index (χ1n) is 5.98. The molecule has 0 N–H and O–H groups in total. The van der Waals surface area contributed by atoms with E-state index in [4.69, 9.17) is 0 Å². The van der Waals surface area contributed by atoms with E-state index in [-0.39, 0.29) is 16.1 Å². The van der Waals surface area contributed by atoms with Gasteiger partial charge in [-0.2, -0.15) is 0 Å². The first kappa shape index (κ1) is 15.2. The van der Waals surface area contributed by atoms with E-state index in [1.807, 2.05) is 12.1 Å². The number of halogens is 3. The van der Waals surface area contributed by atoms with E-state index in [1.165, 1.54) is 15.8 Å². The minimum absolute atomic E-state index is 0.102. The molecule has 19 heavy (non-hydrogen) atoms. The Labute approximate surface area is 134 Å². The van der Waals surface area contributed by atoms with E-state index in [2.05, 4.69) is 64.8 Å². The standard InChI is InChI=1S/C15H15Br2FS/c1-15(2,3)13-7-6-12(19-13)14(17)9-4-5-11(18)10(16)8-9/h4-8,14H,1-3H3. The quantitative estimate of drug-likeness (QED) is 0.504. The van der Waals surface area contributed by atoms with Gasteiger partial charge in [0.15, 0.2) is 0 Å². The molecule has 0 saturated heterocycles. The Morgan fingerprint density at radius 3 is 2.37 bits per heavy atom. The van der Waals surface area contributed by atoms with Crippen molar-refractivity contribution in [1.82, 2.24) is 0 Å². The molecule has 2 aromatic rings. The Morgan fingerprint density at radius 1 is 1.16 bits per heavy atom. The van der Waals surface area contributed by atoms with Crippen LogP contribution in [0.25, 0.3) is 0 Å². The van der Waals surface area contributed by atoms with Gasteiger partial charge in [-0.15, -0.1) is 11.3 Å². The lowest BCUT2D eigenvalue weighted by atomic mass is 9.95. The molecule has 0 fully saturated rings. The van der Waals surface area contributed by atoms with Crippen LogP contribution in [-0.4, -0.2) is 0 Å². The monoisotopic (exact) mass is 404 g/mol. The molecule has 0 nitrogen and oxygen atoms in total. The fourth-order valence-electron chi connectivity index (χ4n) is 1.73. The van der Waals surface area contributed by atoms with Gasteiger partial charge in [0.2, 0.25) is 0 Å². The van der Waals surface area contributed by atoms with Crippen LogP contribution in [0.1, 0.15) is 40.9 Å². The summed E-state index contributed by atoms with van der Waals surface area (Å²) in [7, 11) is 0. The Balaban J connectivity index is 2.31. The first-order chi connectivity index (χ1) is 8.79. The number of alkyl halides is 1. The summed E-state index contributed by atoms with van der Waals surface area (Å²) in [6.45, 7) is 6.63. The summed E-state index contributed by atoms with van der Waals surface area (Å²) in [5.41, 5.74) is 1.22. The predicted molar refractivity (Wildman–Crippen MR) is 87.9 cm³/mol. The first-order valence-corrected chi connectivity index (χ1v) is 8.51. The minimum atomic E-state index is -0.231. The van der Waals surface area contributed by atoms with Crippen LogP contribution in [0.4, 0.5) is 4.39 Å². The van der Waals surface area contributed by atoms with Gasteiger partial charge in [0.1, 0.15) is 5.82 Å². The fourth-order valence-corrected chi connectivity index (χ4v) is 3.91. The van der Waals surface area contributed by atoms with Crippen LogP contribution in [0, 0.1) is 5.82 Å². The van der Waals surface area contributed by atoms with E-state index in [9.17, 15) is 4.39 Å². The van der Waals surface area contributed by atoms with Crippen LogP contribution in [-0.2, 0) is 5.41 Å². The molecular weight excluding hydrogens is 391 g/mol. The minimum Gasteiger partial charge on any atom is -0.206 e. The molecule has 0 amide bonds. The molecular formula is C15H15Br2FS. The molecule has 102 valence electrons. The molecule has 1 aromatic carbocycles. The van der Waals surface area contributed by atoms with Crippen molar-refractivity contribution < 1.29 is 4.39 Å². The maximum Gasteiger partial charge on any atom is 0.137 e. The van der Waals surface area contributed by atoms with Crippen molar-refractivity contribution in [3.05, 3.63) is 55.9 Å². The molecule has 1 aromatic heterocycles. The third-order valence-corrected chi connectivity index (χ3v) is 6.36. The van der Waals surface area contributed by atoms with Crippen molar-refractivity contribution in [3.8, 4) is 0 Å². The molecule has 0 bridgehead atoms. The second kappa shape index (κ2) is 5.66. The Morgan fingerprint density at radius 2 is 1.84 bits per heavy atom. The molecule has 0 spiro atoms. The molecule has 0 aliphatic heterocycles. The van der Waals surface area contributed by atoms with Crippen LogP contribution in [0.15, 0.2) is 34.8 Å². The molecule has 0 radical (unpaired) electrons. The molecule has 1 heterocycles. The fraction of sp³-hybridized carbons (Fsp3) is 0.333. The van der Waals surface area contributed by atoms with Crippen molar-refractivity contribution in [1.29, 1.82) is 0 Å². The Kier molecular flexibility index (Phi) is 4.53. The van der Waals surface area contributed by atoms with Crippen LogP contribution in [0.3, 0.4) is 0 Å². The van der Waals surface area contributed by atoms with Gasteiger partial charge in [0, 0.05) is 9.75 Å². The summed E-state index contributed by atoms with van der Waals surface area (Å²) in [6, 6.07) is 9.45. The SMILES string of the molecule is CC(C)(C)c1ccc(C(Br)c2ccc(F)c(Br)c2)s1. The van der Waals surface area contributed by atoms with Crippen LogP contribution in [0.5, 0.6) is 0 Å². The van der Waals surface area contributed by atoms with Gasteiger partial charge in [-0.1, -0.05) is 42.8 Å². The van der Waals surface area contributed by atoms with E-state index in [0.717, 1.165) is 5.56 Å². The van der Waals surface area contributed by atoms with Crippen LogP contribution in [0.2, 0.25) is 0 Å². The van der Waals surface area contributed by atoms with E-state index in [1.54, 1.807) is 11.3 Å². The third-order valence-electron chi connectivity index (χ3n) is 2.85. The molecule has 2 rings (SSSR count).